The Morgan fingerprint density at radius 1 is 1.21 bits per heavy atom. The van der Waals surface area contributed by atoms with E-state index < -0.39 is 29.6 Å². The van der Waals surface area contributed by atoms with Crippen molar-refractivity contribution in [2.75, 3.05) is 38.2 Å². The van der Waals surface area contributed by atoms with Crippen molar-refractivity contribution in [1.82, 2.24) is 9.88 Å². The SMILES string of the molecule is CC(C)(C)OC(=O)C(c1cc(F)ccc1COC1CCOC1)N1CC[C@@H](C(F)CCCCc2ccc3c(n2)NCCC3)C1. The number of alkyl halides is 1. The highest BCUT2D eigenvalue weighted by Gasteiger charge is 2.39. The smallest absolute Gasteiger partial charge is 0.328 e. The zero-order valence-corrected chi connectivity index (χ0v) is 25.9. The van der Waals surface area contributed by atoms with Gasteiger partial charge in [-0.3, -0.25) is 4.90 Å². The molecule has 4 atom stereocenters. The molecule has 0 aliphatic carbocycles. The summed E-state index contributed by atoms with van der Waals surface area (Å²) in [5.41, 5.74) is 2.86. The summed E-state index contributed by atoms with van der Waals surface area (Å²) in [6, 6.07) is 7.89. The minimum absolute atomic E-state index is 0.0268. The quantitative estimate of drug-likeness (QED) is 0.226. The predicted molar refractivity (Wildman–Crippen MR) is 162 cm³/mol. The van der Waals surface area contributed by atoms with Crippen LogP contribution in [0.25, 0.3) is 0 Å². The van der Waals surface area contributed by atoms with Crippen molar-refractivity contribution < 1.29 is 27.8 Å². The molecule has 2 aromatic rings. The number of benzene rings is 1. The monoisotopic (exact) mass is 599 g/mol. The maximum absolute atomic E-state index is 15.5. The Kier molecular flexibility index (Phi) is 10.7. The van der Waals surface area contributed by atoms with Crippen LogP contribution >= 0.6 is 0 Å². The van der Waals surface area contributed by atoms with E-state index in [2.05, 4.69) is 17.4 Å². The van der Waals surface area contributed by atoms with Crippen LogP contribution in [0.4, 0.5) is 14.6 Å². The first-order valence-electron chi connectivity index (χ1n) is 16.0. The molecule has 0 saturated carbocycles. The van der Waals surface area contributed by atoms with Gasteiger partial charge in [-0.05, 0) is 107 Å². The van der Waals surface area contributed by atoms with Crippen LogP contribution in [0, 0.1) is 11.7 Å². The molecule has 236 valence electrons. The molecule has 0 amide bonds. The molecule has 9 heteroatoms. The highest BCUT2D eigenvalue weighted by molar-refractivity contribution is 5.78. The number of aryl methyl sites for hydroxylation is 2. The topological polar surface area (TPSA) is 72.9 Å². The van der Waals surface area contributed by atoms with Crippen molar-refractivity contribution in [1.29, 1.82) is 0 Å². The molecule has 3 unspecified atom stereocenters. The summed E-state index contributed by atoms with van der Waals surface area (Å²) >= 11 is 0. The summed E-state index contributed by atoms with van der Waals surface area (Å²) in [5.74, 6) is -0.0790. The molecule has 0 spiro atoms. The van der Waals surface area contributed by atoms with Crippen LogP contribution in [0.5, 0.6) is 0 Å². The van der Waals surface area contributed by atoms with E-state index in [1.807, 2.05) is 25.7 Å². The first-order chi connectivity index (χ1) is 20.7. The third-order valence-corrected chi connectivity index (χ3v) is 8.64. The number of likely N-dealkylation sites (tertiary alicyclic amines) is 1. The number of esters is 1. The molecule has 2 fully saturated rings. The number of unbranched alkanes of at least 4 members (excludes halogenated alkanes) is 1. The van der Waals surface area contributed by atoms with E-state index in [0.717, 1.165) is 62.1 Å². The van der Waals surface area contributed by atoms with Gasteiger partial charge in [0, 0.05) is 31.3 Å². The second-order valence-corrected chi connectivity index (χ2v) is 13.2. The zero-order chi connectivity index (χ0) is 30.4. The number of anilines is 1. The lowest BCUT2D eigenvalue weighted by atomic mass is 9.96. The third-order valence-electron chi connectivity index (χ3n) is 8.64. The molecule has 0 radical (unpaired) electrons. The van der Waals surface area contributed by atoms with E-state index in [4.69, 9.17) is 19.2 Å². The predicted octanol–water partition coefficient (Wildman–Crippen LogP) is 6.34. The number of aromatic nitrogens is 1. The van der Waals surface area contributed by atoms with Crippen LogP contribution in [0.15, 0.2) is 30.3 Å². The van der Waals surface area contributed by atoms with Gasteiger partial charge in [-0.1, -0.05) is 18.6 Å². The number of pyridine rings is 1. The average Bonchev–Trinajstić information content (AvgIpc) is 3.67. The fourth-order valence-corrected chi connectivity index (χ4v) is 6.37. The molecule has 5 rings (SSSR count). The molecule has 1 aromatic carbocycles. The van der Waals surface area contributed by atoms with Crippen LogP contribution in [-0.2, 0) is 38.5 Å². The molecular formula is C34H47F2N3O4. The Morgan fingerprint density at radius 2 is 2.07 bits per heavy atom. The second-order valence-electron chi connectivity index (χ2n) is 13.2. The maximum Gasteiger partial charge on any atom is 0.328 e. The van der Waals surface area contributed by atoms with Crippen molar-refractivity contribution in [2.24, 2.45) is 5.92 Å². The van der Waals surface area contributed by atoms with Gasteiger partial charge in [0.2, 0.25) is 0 Å². The molecule has 7 nitrogen and oxygen atoms in total. The number of nitrogens with one attached hydrogen (secondary N) is 1. The van der Waals surface area contributed by atoms with Crippen molar-refractivity contribution in [3.05, 3.63) is 58.5 Å². The van der Waals surface area contributed by atoms with Crippen molar-refractivity contribution in [2.45, 2.75) is 103 Å². The van der Waals surface area contributed by atoms with Gasteiger partial charge >= 0.3 is 5.97 Å². The normalized spacial score (nSPS) is 22.2. The first kappa shape index (κ1) is 31.8. The van der Waals surface area contributed by atoms with Crippen LogP contribution in [-0.4, -0.2) is 66.6 Å². The number of carbonyl (C=O) groups is 1. The van der Waals surface area contributed by atoms with Gasteiger partial charge in [0.25, 0.3) is 0 Å². The van der Waals surface area contributed by atoms with Crippen molar-refractivity contribution in [3.8, 4) is 0 Å². The van der Waals surface area contributed by atoms with Gasteiger partial charge in [-0.15, -0.1) is 0 Å². The molecule has 2 saturated heterocycles. The summed E-state index contributed by atoms with van der Waals surface area (Å²) in [7, 11) is 0. The fourth-order valence-electron chi connectivity index (χ4n) is 6.37. The third kappa shape index (κ3) is 8.73. The van der Waals surface area contributed by atoms with Crippen LogP contribution in [0.3, 0.4) is 0 Å². The summed E-state index contributed by atoms with van der Waals surface area (Å²) < 4.78 is 47.5. The Balaban J connectivity index is 1.21. The van der Waals surface area contributed by atoms with Crippen LogP contribution < -0.4 is 5.32 Å². The van der Waals surface area contributed by atoms with E-state index in [-0.39, 0.29) is 18.6 Å². The minimum Gasteiger partial charge on any atom is -0.459 e. The van der Waals surface area contributed by atoms with Crippen molar-refractivity contribution in [3.63, 3.8) is 0 Å². The highest BCUT2D eigenvalue weighted by atomic mass is 19.1. The Hall–Kier alpha value is -2.62. The molecule has 1 N–H and O–H groups in total. The van der Waals surface area contributed by atoms with Gasteiger partial charge in [-0.25, -0.2) is 18.6 Å². The molecule has 3 aliphatic rings. The van der Waals surface area contributed by atoms with Gasteiger partial charge in [0.15, 0.2) is 0 Å². The number of hydrogen-bond donors (Lipinski definition) is 1. The summed E-state index contributed by atoms with van der Waals surface area (Å²) in [6.45, 7) is 8.78. The molecule has 0 bridgehead atoms. The Morgan fingerprint density at radius 3 is 2.86 bits per heavy atom. The van der Waals surface area contributed by atoms with E-state index in [0.29, 0.717) is 44.7 Å². The largest absolute Gasteiger partial charge is 0.459 e. The lowest BCUT2D eigenvalue weighted by Gasteiger charge is -2.31. The van der Waals surface area contributed by atoms with Gasteiger partial charge < -0.3 is 19.5 Å². The highest BCUT2D eigenvalue weighted by Crippen LogP contribution is 2.35. The average molecular weight is 600 g/mol. The minimum atomic E-state index is -0.972. The number of nitrogens with zero attached hydrogens (tertiary/aromatic N) is 2. The lowest BCUT2D eigenvalue weighted by molar-refractivity contribution is -0.161. The summed E-state index contributed by atoms with van der Waals surface area (Å²) in [6.07, 6.45) is 5.60. The van der Waals surface area contributed by atoms with Gasteiger partial charge in [-0.2, -0.15) is 0 Å². The molecule has 3 aliphatic heterocycles. The Labute approximate surface area is 254 Å². The molecule has 1 aromatic heterocycles. The summed E-state index contributed by atoms with van der Waals surface area (Å²) in [4.78, 5) is 20.4. The van der Waals surface area contributed by atoms with E-state index in [9.17, 15) is 9.18 Å². The molecule has 43 heavy (non-hydrogen) atoms. The molecular weight excluding hydrogens is 552 g/mol. The summed E-state index contributed by atoms with van der Waals surface area (Å²) in [5, 5.41) is 3.38. The standard InChI is InChI=1S/C34H47F2N3O4/c1-34(2,3)43-33(40)31(29-19-26(35)12-10-25(29)21-42-28-15-18-41-22-28)39-17-14-24(20-39)30(36)9-5-4-8-27-13-11-23-7-6-16-37-32(23)38-27/h10-13,19,24,28,30-31H,4-9,14-18,20-22H2,1-3H3,(H,37,38)/t24-,28?,30?,31?/m1/s1. The number of carbonyl (C=O) groups excluding carboxylic acids is 1. The van der Waals surface area contributed by atoms with Crippen molar-refractivity contribution >= 4 is 11.8 Å². The van der Waals surface area contributed by atoms with Gasteiger partial charge in [0.05, 0.1) is 19.3 Å². The number of hydrogen-bond acceptors (Lipinski definition) is 7. The second kappa shape index (κ2) is 14.4. The fraction of sp³-hybridized carbons (Fsp3) is 0.647. The van der Waals surface area contributed by atoms with E-state index in [1.165, 1.54) is 17.7 Å². The zero-order valence-electron chi connectivity index (χ0n) is 25.9. The van der Waals surface area contributed by atoms with Gasteiger partial charge in [0.1, 0.15) is 29.4 Å². The lowest BCUT2D eigenvalue weighted by Crippen LogP contribution is -2.38. The number of ether oxygens (including phenoxy) is 3. The van der Waals surface area contributed by atoms with E-state index in [1.54, 1.807) is 6.07 Å². The van der Waals surface area contributed by atoms with E-state index >= 15 is 4.39 Å². The van der Waals surface area contributed by atoms with Crippen LogP contribution in [0.1, 0.15) is 87.7 Å². The Bertz CT molecular complexity index is 1230. The molecule has 4 heterocycles. The van der Waals surface area contributed by atoms with Crippen LogP contribution in [0.2, 0.25) is 0 Å². The number of halogens is 2. The number of rotatable bonds is 12. The number of fused-ring (bicyclic) bond motifs is 1. The maximum atomic E-state index is 15.5. The first-order valence-corrected chi connectivity index (χ1v) is 16.0.